The topological polar surface area (TPSA) is 83.8 Å². The van der Waals surface area contributed by atoms with E-state index in [-0.39, 0.29) is 24.2 Å². The third-order valence-corrected chi connectivity index (χ3v) is 3.82. The highest BCUT2D eigenvalue weighted by Crippen LogP contribution is 2.22. The van der Waals surface area contributed by atoms with Gasteiger partial charge in [0.05, 0.1) is 11.5 Å². The molecule has 0 aromatic rings. The van der Waals surface area contributed by atoms with Gasteiger partial charge in [0, 0.05) is 12.3 Å². The van der Waals surface area contributed by atoms with Crippen LogP contribution in [0.3, 0.4) is 0 Å². The van der Waals surface area contributed by atoms with Crippen LogP contribution in [0.5, 0.6) is 0 Å². The molecule has 0 aliphatic carbocycles. The molecule has 5 heteroatoms. The Morgan fingerprint density at radius 3 is 2.17 bits per heavy atom. The number of aliphatic hydroxyl groups is 2. The van der Waals surface area contributed by atoms with E-state index in [1.165, 1.54) is 6.92 Å². The summed E-state index contributed by atoms with van der Waals surface area (Å²) in [6, 6.07) is 0. The van der Waals surface area contributed by atoms with E-state index in [0.29, 0.717) is 0 Å². The number of carbonyl (C=O) groups excluding carboxylic acids is 2. The Labute approximate surface area is 139 Å². The Morgan fingerprint density at radius 1 is 1.13 bits per heavy atom. The zero-order valence-electron chi connectivity index (χ0n) is 15.0. The molecule has 0 saturated carbocycles. The first-order valence-corrected chi connectivity index (χ1v) is 7.78. The number of esters is 1. The summed E-state index contributed by atoms with van der Waals surface area (Å²) in [7, 11) is 0. The highest BCUT2D eigenvalue weighted by molar-refractivity contribution is 5.88. The fourth-order valence-electron chi connectivity index (χ4n) is 1.64. The van der Waals surface area contributed by atoms with Gasteiger partial charge in [-0.05, 0) is 27.2 Å². The maximum Gasteiger partial charge on any atom is 0.302 e. The van der Waals surface area contributed by atoms with Crippen LogP contribution < -0.4 is 0 Å². The minimum Gasteiger partial charge on any atom is -0.465 e. The lowest BCUT2D eigenvalue weighted by molar-refractivity contribution is -0.149. The fourth-order valence-corrected chi connectivity index (χ4v) is 1.64. The normalized spacial score (nSPS) is 15.8. The van der Waals surface area contributed by atoms with E-state index in [9.17, 15) is 19.8 Å². The molecule has 0 rings (SSSR count). The number of ketones is 1. The van der Waals surface area contributed by atoms with Gasteiger partial charge in [-0.2, -0.15) is 0 Å². The molecule has 0 saturated heterocycles. The van der Waals surface area contributed by atoms with Gasteiger partial charge in [-0.3, -0.25) is 9.59 Å². The minimum absolute atomic E-state index is 0.0512. The quantitative estimate of drug-likeness (QED) is 0.502. The van der Waals surface area contributed by atoms with E-state index in [1.54, 1.807) is 39.0 Å². The third-order valence-electron chi connectivity index (χ3n) is 3.82. The molecule has 0 fully saturated rings. The smallest absolute Gasteiger partial charge is 0.302 e. The molecule has 2 N–H and O–H groups in total. The van der Waals surface area contributed by atoms with Gasteiger partial charge >= 0.3 is 5.97 Å². The summed E-state index contributed by atoms with van der Waals surface area (Å²) in [5.41, 5.74) is -1.27. The lowest BCUT2D eigenvalue weighted by atomic mass is 9.85. The van der Waals surface area contributed by atoms with Gasteiger partial charge in [0.1, 0.15) is 12.7 Å². The molecule has 0 radical (unpaired) electrons. The number of hydrogen-bond acceptors (Lipinski definition) is 5. The van der Waals surface area contributed by atoms with Crippen LogP contribution in [0.15, 0.2) is 24.3 Å². The molecule has 5 nitrogen and oxygen atoms in total. The average molecular weight is 326 g/mol. The first-order valence-electron chi connectivity index (χ1n) is 7.78. The predicted molar refractivity (Wildman–Crippen MR) is 89.8 cm³/mol. The van der Waals surface area contributed by atoms with Crippen molar-refractivity contribution in [2.24, 2.45) is 10.8 Å². The number of hydrogen-bond donors (Lipinski definition) is 2. The minimum atomic E-state index is -1.14. The van der Waals surface area contributed by atoms with Gasteiger partial charge in [0.15, 0.2) is 5.78 Å². The molecular weight excluding hydrogens is 296 g/mol. The number of rotatable bonds is 9. The van der Waals surface area contributed by atoms with Crippen molar-refractivity contribution in [1.29, 1.82) is 0 Å². The second-order valence-electron chi connectivity index (χ2n) is 7.06. The number of ether oxygens (including phenoxy) is 1. The first kappa shape index (κ1) is 21.5. The van der Waals surface area contributed by atoms with Crippen molar-refractivity contribution >= 4 is 11.8 Å². The van der Waals surface area contributed by atoms with Crippen LogP contribution in [0.2, 0.25) is 0 Å². The number of Topliss-reactive ketones (excluding diaryl/α,β-unsaturated/α-hetero) is 1. The van der Waals surface area contributed by atoms with Gasteiger partial charge in [-0.15, -0.1) is 0 Å². The van der Waals surface area contributed by atoms with E-state index in [4.69, 9.17) is 4.74 Å². The molecule has 132 valence electrons. The summed E-state index contributed by atoms with van der Waals surface area (Å²) in [6.45, 7) is 10.1. The van der Waals surface area contributed by atoms with Gasteiger partial charge in [-0.25, -0.2) is 0 Å². The standard InChI is InChI=1S/C18H30O5/c1-13(19)17(3,4)11-9-7-8-10-15(21)16(22)18(5,6)12-23-14(2)20/h7-9,11,13,15,19,21H,10,12H2,1-6H3/b8-7+,11-9+/t13-,15+/m0/s1. The van der Waals surface area contributed by atoms with Gasteiger partial charge in [0.2, 0.25) is 0 Å². The third kappa shape index (κ3) is 8.09. The van der Waals surface area contributed by atoms with Gasteiger partial charge < -0.3 is 14.9 Å². The van der Waals surface area contributed by atoms with Crippen molar-refractivity contribution in [1.82, 2.24) is 0 Å². The van der Waals surface area contributed by atoms with E-state index >= 15 is 0 Å². The van der Waals surface area contributed by atoms with Crippen LogP contribution in [0.25, 0.3) is 0 Å². The Hall–Kier alpha value is -1.46. The average Bonchev–Trinajstić information content (AvgIpc) is 2.43. The molecule has 2 atom stereocenters. The van der Waals surface area contributed by atoms with Crippen molar-refractivity contribution in [3.8, 4) is 0 Å². The molecule has 23 heavy (non-hydrogen) atoms. The van der Waals surface area contributed by atoms with Crippen molar-refractivity contribution in [3.63, 3.8) is 0 Å². The predicted octanol–water partition coefficient (Wildman–Crippen LogP) is 2.42. The maximum atomic E-state index is 12.2. The maximum absolute atomic E-state index is 12.2. The van der Waals surface area contributed by atoms with E-state index in [0.717, 1.165) is 0 Å². The molecule has 0 aromatic carbocycles. The first-order chi connectivity index (χ1) is 10.4. The van der Waals surface area contributed by atoms with E-state index < -0.39 is 23.6 Å². The lowest BCUT2D eigenvalue weighted by Crippen LogP contribution is -2.38. The molecular formula is C18H30O5. The van der Waals surface area contributed by atoms with Crippen LogP contribution in [-0.2, 0) is 14.3 Å². The Morgan fingerprint density at radius 2 is 1.70 bits per heavy atom. The van der Waals surface area contributed by atoms with E-state index in [1.807, 2.05) is 19.9 Å². The van der Waals surface area contributed by atoms with Crippen LogP contribution >= 0.6 is 0 Å². The highest BCUT2D eigenvalue weighted by atomic mass is 16.5. The number of allylic oxidation sites excluding steroid dienone is 2. The monoisotopic (exact) mass is 326 g/mol. The van der Waals surface area contributed by atoms with Crippen molar-refractivity contribution in [2.45, 2.75) is 60.2 Å². The Balaban J connectivity index is 4.51. The summed E-state index contributed by atoms with van der Waals surface area (Å²) in [5.74, 6) is -0.817. The van der Waals surface area contributed by atoms with Crippen LogP contribution in [-0.4, -0.2) is 40.8 Å². The summed E-state index contributed by atoms with van der Waals surface area (Å²) >= 11 is 0. The Kier molecular flexibility index (Phi) is 8.42. The van der Waals surface area contributed by atoms with Crippen LogP contribution in [0.4, 0.5) is 0 Å². The molecule has 0 aliphatic rings. The molecule has 0 amide bonds. The summed E-state index contributed by atoms with van der Waals surface area (Å²) in [4.78, 5) is 23.0. The summed E-state index contributed by atoms with van der Waals surface area (Å²) < 4.78 is 4.86. The van der Waals surface area contributed by atoms with Crippen LogP contribution in [0.1, 0.15) is 48.0 Å². The second-order valence-corrected chi connectivity index (χ2v) is 7.06. The number of carbonyl (C=O) groups is 2. The summed E-state index contributed by atoms with van der Waals surface area (Å²) in [5, 5.41) is 19.5. The SMILES string of the molecule is CC(=O)OCC(C)(C)C(=O)[C@H](O)C/C=C/C=C/C(C)(C)[C@H](C)O. The molecule has 0 aliphatic heterocycles. The Bertz CT molecular complexity index is 458. The van der Waals surface area contributed by atoms with Crippen molar-refractivity contribution in [3.05, 3.63) is 24.3 Å². The van der Waals surface area contributed by atoms with Crippen LogP contribution in [0, 0.1) is 10.8 Å². The zero-order chi connectivity index (χ0) is 18.3. The summed E-state index contributed by atoms with van der Waals surface area (Å²) in [6.07, 6.45) is 5.65. The fraction of sp³-hybridized carbons (Fsp3) is 0.667. The second kappa shape index (κ2) is 8.99. The van der Waals surface area contributed by atoms with Gasteiger partial charge in [-0.1, -0.05) is 38.2 Å². The van der Waals surface area contributed by atoms with Crippen molar-refractivity contribution < 1.29 is 24.5 Å². The molecule has 0 heterocycles. The largest absolute Gasteiger partial charge is 0.465 e. The van der Waals surface area contributed by atoms with Gasteiger partial charge in [0.25, 0.3) is 0 Å². The lowest BCUT2D eigenvalue weighted by Gasteiger charge is -2.24. The molecule has 0 aromatic heterocycles. The molecule has 0 unspecified atom stereocenters. The highest BCUT2D eigenvalue weighted by Gasteiger charge is 2.33. The number of aliphatic hydroxyl groups excluding tert-OH is 2. The molecule has 0 spiro atoms. The zero-order valence-corrected chi connectivity index (χ0v) is 15.0. The van der Waals surface area contributed by atoms with E-state index in [2.05, 4.69) is 0 Å². The van der Waals surface area contributed by atoms with Crippen molar-refractivity contribution in [2.75, 3.05) is 6.61 Å². The molecule has 0 bridgehead atoms.